The molecule has 1 aliphatic heterocycles. The Labute approximate surface area is 156 Å². The van der Waals surface area contributed by atoms with E-state index in [0.29, 0.717) is 18.8 Å². The van der Waals surface area contributed by atoms with Gasteiger partial charge in [-0.1, -0.05) is 6.92 Å². The summed E-state index contributed by atoms with van der Waals surface area (Å²) in [6.07, 6.45) is 0.151. The molecule has 8 heteroatoms. The van der Waals surface area contributed by atoms with E-state index >= 15 is 0 Å². The third-order valence-corrected chi connectivity index (χ3v) is 6.35. The number of ether oxygens (including phenoxy) is 1. The van der Waals surface area contributed by atoms with Crippen LogP contribution in [0.3, 0.4) is 0 Å². The Morgan fingerprint density at radius 1 is 1.15 bits per heavy atom. The molecule has 1 heterocycles. The van der Waals surface area contributed by atoms with Gasteiger partial charge in [0.1, 0.15) is 10.6 Å². The van der Waals surface area contributed by atoms with Crippen LogP contribution in [0.1, 0.15) is 24.5 Å². The van der Waals surface area contributed by atoms with Gasteiger partial charge in [-0.25, -0.2) is 13.1 Å². The van der Waals surface area contributed by atoms with Crippen molar-refractivity contribution in [1.29, 1.82) is 0 Å². The topological polar surface area (TPSA) is 79.0 Å². The van der Waals surface area contributed by atoms with E-state index in [1.807, 2.05) is 13.8 Å². The molecule has 1 amide bonds. The van der Waals surface area contributed by atoms with Crippen LogP contribution in [0.15, 0.2) is 17.0 Å². The Balaban J connectivity index is 1.95. The van der Waals surface area contributed by atoms with E-state index in [4.69, 9.17) is 4.74 Å². The smallest absolute Gasteiger partial charge is 0.244 e. The fourth-order valence-electron chi connectivity index (χ4n) is 2.97. The van der Waals surface area contributed by atoms with Crippen LogP contribution in [0.25, 0.3) is 0 Å². The second-order valence-electron chi connectivity index (χ2n) is 6.55. The highest BCUT2D eigenvalue weighted by atomic mass is 32.2. The van der Waals surface area contributed by atoms with Gasteiger partial charge in [0.2, 0.25) is 15.9 Å². The number of hydrogen-bond acceptors (Lipinski definition) is 5. The molecule has 1 saturated heterocycles. The fraction of sp³-hybridized carbons (Fsp3) is 0.611. The van der Waals surface area contributed by atoms with Crippen molar-refractivity contribution >= 4 is 15.9 Å². The minimum atomic E-state index is -3.74. The van der Waals surface area contributed by atoms with Crippen molar-refractivity contribution in [2.45, 2.75) is 32.1 Å². The number of aryl methyl sites for hydroxylation is 2. The molecule has 1 fully saturated rings. The maximum atomic E-state index is 12.6. The molecule has 0 aliphatic carbocycles. The number of amides is 1. The van der Waals surface area contributed by atoms with Crippen LogP contribution in [0.4, 0.5) is 0 Å². The molecule has 1 aromatic rings. The van der Waals surface area contributed by atoms with Crippen molar-refractivity contribution in [2.24, 2.45) is 0 Å². The average molecular weight is 384 g/mol. The molecule has 26 heavy (non-hydrogen) atoms. The Bertz CT molecular complexity index is 741. The lowest BCUT2D eigenvalue weighted by atomic mass is 10.1. The van der Waals surface area contributed by atoms with Crippen LogP contribution < -0.4 is 9.46 Å². The van der Waals surface area contributed by atoms with Gasteiger partial charge in [0.15, 0.2) is 0 Å². The molecule has 0 unspecified atom stereocenters. The zero-order chi connectivity index (χ0) is 19.3. The van der Waals surface area contributed by atoms with Gasteiger partial charge in [0.25, 0.3) is 0 Å². The van der Waals surface area contributed by atoms with E-state index < -0.39 is 10.0 Å². The lowest BCUT2D eigenvalue weighted by Gasteiger charge is -2.34. The maximum absolute atomic E-state index is 12.6. The second-order valence-corrected chi connectivity index (χ2v) is 8.29. The number of carbonyl (C=O) groups is 1. The Morgan fingerprint density at radius 2 is 1.77 bits per heavy atom. The SMILES string of the molecule is CCN1CCN(C(=O)CCNS(=O)(=O)c2cc(C)c(C)cc2OC)CC1. The summed E-state index contributed by atoms with van der Waals surface area (Å²) in [4.78, 5) is 16.5. The maximum Gasteiger partial charge on any atom is 0.244 e. The Morgan fingerprint density at radius 3 is 2.35 bits per heavy atom. The number of likely N-dealkylation sites (N-methyl/N-ethyl adjacent to an activating group) is 1. The van der Waals surface area contributed by atoms with Gasteiger partial charge in [0.05, 0.1) is 7.11 Å². The minimum absolute atomic E-state index is 0.0181. The van der Waals surface area contributed by atoms with Gasteiger partial charge < -0.3 is 14.5 Å². The van der Waals surface area contributed by atoms with Gasteiger partial charge in [0, 0.05) is 39.1 Å². The number of nitrogens with zero attached hydrogens (tertiary/aromatic N) is 2. The lowest BCUT2D eigenvalue weighted by Crippen LogP contribution is -2.49. The highest BCUT2D eigenvalue weighted by molar-refractivity contribution is 7.89. The van der Waals surface area contributed by atoms with Gasteiger partial charge in [-0.05, 0) is 43.7 Å². The summed E-state index contributed by atoms with van der Waals surface area (Å²) in [6.45, 7) is 10.1. The summed E-state index contributed by atoms with van der Waals surface area (Å²) in [5.41, 5.74) is 1.83. The summed E-state index contributed by atoms with van der Waals surface area (Å²) < 4.78 is 32.9. The van der Waals surface area contributed by atoms with E-state index in [1.165, 1.54) is 7.11 Å². The molecule has 1 aliphatic rings. The Hall–Kier alpha value is -1.64. The van der Waals surface area contributed by atoms with Crippen LogP contribution in [0.5, 0.6) is 5.75 Å². The van der Waals surface area contributed by atoms with E-state index in [9.17, 15) is 13.2 Å². The highest BCUT2D eigenvalue weighted by Crippen LogP contribution is 2.27. The monoisotopic (exact) mass is 383 g/mol. The summed E-state index contributed by atoms with van der Waals surface area (Å²) in [5, 5.41) is 0. The zero-order valence-electron chi connectivity index (χ0n) is 16.0. The number of sulfonamides is 1. The minimum Gasteiger partial charge on any atom is -0.495 e. The van der Waals surface area contributed by atoms with E-state index in [0.717, 1.165) is 30.8 Å². The molecular formula is C18H29N3O4S. The summed E-state index contributed by atoms with van der Waals surface area (Å²) in [7, 11) is -2.29. The van der Waals surface area contributed by atoms with E-state index in [2.05, 4.69) is 16.5 Å². The summed E-state index contributed by atoms with van der Waals surface area (Å²) >= 11 is 0. The van der Waals surface area contributed by atoms with Gasteiger partial charge in [-0.15, -0.1) is 0 Å². The number of hydrogen-bond donors (Lipinski definition) is 1. The van der Waals surface area contributed by atoms with Crippen LogP contribution in [0, 0.1) is 13.8 Å². The van der Waals surface area contributed by atoms with Crippen molar-refractivity contribution in [3.8, 4) is 5.75 Å². The number of methoxy groups -OCH3 is 1. The third kappa shape index (κ3) is 4.96. The molecule has 7 nitrogen and oxygen atoms in total. The molecule has 146 valence electrons. The normalized spacial score (nSPS) is 15.9. The molecule has 2 rings (SSSR count). The predicted octanol–water partition coefficient (Wildman–Crippen LogP) is 1.14. The highest BCUT2D eigenvalue weighted by Gasteiger charge is 2.23. The number of carbonyl (C=O) groups excluding carboxylic acids is 1. The molecule has 1 aromatic carbocycles. The van der Waals surface area contributed by atoms with Gasteiger partial charge in [-0.3, -0.25) is 4.79 Å². The molecule has 1 N–H and O–H groups in total. The molecular weight excluding hydrogens is 354 g/mol. The molecule has 0 aromatic heterocycles. The predicted molar refractivity (Wildman–Crippen MR) is 101 cm³/mol. The van der Waals surface area contributed by atoms with Crippen LogP contribution >= 0.6 is 0 Å². The Kier molecular flexibility index (Phi) is 7.02. The first-order valence-corrected chi connectivity index (χ1v) is 10.4. The number of benzene rings is 1. The summed E-state index contributed by atoms with van der Waals surface area (Å²) in [6, 6.07) is 3.31. The fourth-order valence-corrected chi connectivity index (χ4v) is 4.24. The first-order valence-electron chi connectivity index (χ1n) is 8.93. The van der Waals surface area contributed by atoms with Crippen molar-refractivity contribution < 1.29 is 17.9 Å². The molecule has 0 atom stereocenters. The molecule has 0 saturated carbocycles. The van der Waals surface area contributed by atoms with Crippen molar-refractivity contribution in [1.82, 2.24) is 14.5 Å². The van der Waals surface area contributed by atoms with Crippen molar-refractivity contribution in [3.05, 3.63) is 23.3 Å². The second kappa shape index (κ2) is 8.83. The van der Waals surface area contributed by atoms with Gasteiger partial charge >= 0.3 is 0 Å². The molecule has 0 bridgehead atoms. The van der Waals surface area contributed by atoms with Gasteiger partial charge in [-0.2, -0.15) is 0 Å². The summed E-state index contributed by atoms with van der Waals surface area (Å²) in [5.74, 6) is 0.290. The first kappa shape index (κ1) is 20.7. The largest absolute Gasteiger partial charge is 0.495 e. The number of piperazine rings is 1. The van der Waals surface area contributed by atoms with E-state index in [1.54, 1.807) is 17.0 Å². The van der Waals surface area contributed by atoms with Crippen molar-refractivity contribution in [3.63, 3.8) is 0 Å². The molecule has 0 spiro atoms. The van der Waals surface area contributed by atoms with E-state index in [-0.39, 0.29) is 23.8 Å². The van der Waals surface area contributed by atoms with Crippen molar-refractivity contribution in [2.75, 3.05) is 46.4 Å². The number of rotatable bonds is 7. The van der Waals surface area contributed by atoms with Crippen LogP contribution in [0.2, 0.25) is 0 Å². The third-order valence-electron chi connectivity index (χ3n) is 4.87. The quantitative estimate of drug-likeness (QED) is 0.764. The molecule has 0 radical (unpaired) electrons. The van der Waals surface area contributed by atoms with Crippen LogP contribution in [-0.2, 0) is 14.8 Å². The lowest BCUT2D eigenvalue weighted by molar-refractivity contribution is -0.132. The zero-order valence-corrected chi connectivity index (χ0v) is 16.9. The number of nitrogens with one attached hydrogen (secondary N) is 1. The van der Waals surface area contributed by atoms with Crippen LogP contribution in [-0.4, -0.2) is 70.5 Å². The standard InChI is InChI=1S/C18H29N3O4S/c1-5-20-8-10-21(11-9-20)18(22)6-7-19-26(23,24)17-13-15(3)14(2)12-16(17)25-4/h12-13,19H,5-11H2,1-4H3. The first-order chi connectivity index (χ1) is 12.3. The average Bonchev–Trinajstić information content (AvgIpc) is 2.63.